The number of hydrogen-bond donors (Lipinski definition) is 3. The third kappa shape index (κ3) is 5.00. The lowest BCUT2D eigenvalue weighted by Gasteiger charge is -2.37. The van der Waals surface area contributed by atoms with E-state index in [0.29, 0.717) is 56.4 Å². The van der Waals surface area contributed by atoms with Gasteiger partial charge in [0.15, 0.2) is 17.5 Å². The van der Waals surface area contributed by atoms with Crippen LogP contribution in [0.2, 0.25) is 0 Å². The molecule has 1 fully saturated rings. The Kier molecular flexibility index (Phi) is 6.80. The molecule has 39 heavy (non-hydrogen) atoms. The number of carbonyl (C=O) groups is 1. The van der Waals surface area contributed by atoms with Gasteiger partial charge in [-0.25, -0.2) is 14.4 Å². The second-order valence-electron chi connectivity index (χ2n) is 9.58. The smallest absolute Gasteiger partial charge is 0.279 e. The number of anilines is 1. The molecule has 6 rings (SSSR count). The third-order valence-electron chi connectivity index (χ3n) is 7.15. The normalized spacial score (nSPS) is 18.3. The predicted molar refractivity (Wildman–Crippen MR) is 143 cm³/mol. The molecule has 10 nitrogen and oxygen atoms in total. The van der Waals surface area contributed by atoms with Crippen LogP contribution >= 0.6 is 0 Å². The summed E-state index contributed by atoms with van der Waals surface area (Å²) in [5.41, 5.74) is 0.951. The topological polar surface area (TPSA) is 130 Å². The number of fused-ring (bicyclic) bond motifs is 1. The highest BCUT2D eigenvalue weighted by Crippen LogP contribution is 2.35. The quantitative estimate of drug-likeness (QED) is 0.323. The van der Waals surface area contributed by atoms with Crippen molar-refractivity contribution in [1.82, 2.24) is 30.5 Å². The molecule has 1 amide bonds. The van der Waals surface area contributed by atoms with Crippen molar-refractivity contribution in [2.45, 2.75) is 30.7 Å². The lowest BCUT2D eigenvalue weighted by molar-refractivity contribution is 0.0999. The van der Waals surface area contributed by atoms with Crippen LogP contribution in [-0.2, 0) is 5.54 Å². The summed E-state index contributed by atoms with van der Waals surface area (Å²) in [6, 6.07) is 12.0. The second kappa shape index (κ2) is 10.7. The number of benzene rings is 1. The van der Waals surface area contributed by atoms with E-state index in [0.717, 1.165) is 11.3 Å². The third-order valence-corrected chi connectivity index (χ3v) is 7.15. The van der Waals surface area contributed by atoms with Crippen molar-refractivity contribution in [2.75, 3.05) is 25.0 Å². The Hall–Kier alpha value is -4.51. The van der Waals surface area contributed by atoms with Crippen molar-refractivity contribution in [3.8, 4) is 17.1 Å². The number of aromatic nitrogens is 5. The maximum Gasteiger partial charge on any atom is 0.279 e. The molecule has 1 saturated heterocycles. The van der Waals surface area contributed by atoms with Gasteiger partial charge in [0.05, 0.1) is 29.1 Å². The van der Waals surface area contributed by atoms with E-state index in [1.54, 1.807) is 43.0 Å². The van der Waals surface area contributed by atoms with Crippen LogP contribution in [0.1, 0.15) is 47.1 Å². The first-order valence-corrected chi connectivity index (χ1v) is 12.9. The first-order chi connectivity index (χ1) is 19.1. The number of halogens is 1. The molecule has 0 saturated carbocycles. The number of rotatable bonds is 6. The Morgan fingerprint density at radius 3 is 2.82 bits per heavy atom. The molecule has 2 aliphatic rings. The average Bonchev–Trinajstić information content (AvgIpc) is 3.49. The number of ether oxygens (including phenoxy) is 1. The maximum atomic E-state index is 15.8. The summed E-state index contributed by atoms with van der Waals surface area (Å²) >= 11 is 0. The number of pyridine rings is 2. The number of amides is 1. The average molecular weight is 527 g/mol. The summed E-state index contributed by atoms with van der Waals surface area (Å²) in [4.78, 5) is 30.3. The fraction of sp³-hybridized carbons (Fsp3) is 0.286. The van der Waals surface area contributed by atoms with E-state index in [1.165, 1.54) is 6.07 Å². The van der Waals surface area contributed by atoms with E-state index in [-0.39, 0.29) is 17.2 Å². The molecule has 0 spiro atoms. The number of hydrogen-bond acceptors (Lipinski definition) is 8. The zero-order valence-electron chi connectivity index (χ0n) is 21.1. The fourth-order valence-corrected chi connectivity index (χ4v) is 5.04. The molecule has 0 aliphatic carbocycles. The largest absolute Gasteiger partial charge is 0.492 e. The van der Waals surface area contributed by atoms with Gasteiger partial charge in [0.25, 0.3) is 5.91 Å². The molecule has 198 valence electrons. The number of nitrogens with one attached hydrogen (secondary N) is 3. The van der Waals surface area contributed by atoms with Crippen LogP contribution in [0.3, 0.4) is 0 Å². The summed E-state index contributed by atoms with van der Waals surface area (Å²) in [5.74, 6) is 0.334. The Bertz CT molecular complexity index is 1500. The van der Waals surface area contributed by atoms with E-state index in [1.807, 2.05) is 18.2 Å². The summed E-state index contributed by atoms with van der Waals surface area (Å²) in [6.07, 6.45) is 8.51. The molecule has 5 heterocycles. The number of carbonyl (C=O) groups excluding carboxylic acids is 1. The zero-order valence-corrected chi connectivity index (χ0v) is 21.1. The van der Waals surface area contributed by atoms with Crippen molar-refractivity contribution in [3.05, 3.63) is 84.0 Å². The van der Waals surface area contributed by atoms with Crippen molar-refractivity contribution in [3.63, 3.8) is 0 Å². The standard InChI is InChI=1S/C28H27FN8O2/c29-23-20(26(38)33-17-19-8-16-39-22-5-2-11-32-24(19)22)3-1-4-21(23)35-28(9-14-31-15-10-28)27-34-25(36-37-27)18-6-12-30-13-7-18/h1-7,11-13,17,19,31,35H,8-10,14-16H2,(H,34,36,37). The van der Waals surface area contributed by atoms with Crippen molar-refractivity contribution >= 4 is 17.8 Å². The highest BCUT2D eigenvalue weighted by Gasteiger charge is 2.38. The monoisotopic (exact) mass is 526 g/mol. The molecular formula is C28H27FN8O2. The molecule has 11 heteroatoms. The van der Waals surface area contributed by atoms with E-state index < -0.39 is 17.3 Å². The van der Waals surface area contributed by atoms with E-state index in [4.69, 9.17) is 9.72 Å². The van der Waals surface area contributed by atoms with Gasteiger partial charge in [-0.2, -0.15) is 5.10 Å². The molecular weight excluding hydrogens is 499 g/mol. The van der Waals surface area contributed by atoms with Crippen LogP contribution in [-0.4, -0.2) is 57.0 Å². The Morgan fingerprint density at radius 1 is 1.13 bits per heavy atom. The molecule has 1 atom stereocenters. The summed E-state index contributed by atoms with van der Waals surface area (Å²) in [5, 5.41) is 14.2. The van der Waals surface area contributed by atoms with Gasteiger partial charge in [0, 0.05) is 36.3 Å². The zero-order chi connectivity index (χ0) is 26.7. The van der Waals surface area contributed by atoms with Crippen molar-refractivity contribution in [2.24, 2.45) is 4.99 Å². The molecule has 3 aromatic heterocycles. The summed E-state index contributed by atoms with van der Waals surface area (Å²) in [6.45, 7) is 1.92. The first kappa shape index (κ1) is 24.8. The van der Waals surface area contributed by atoms with Crippen molar-refractivity contribution < 1.29 is 13.9 Å². The van der Waals surface area contributed by atoms with Crippen LogP contribution in [0.5, 0.6) is 5.75 Å². The Morgan fingerprint density at radius 2 is 1.97 bits per heavy atom. The number of piperidine rings is 1. The van der Waals surface area contributed by atoms with Gasteiger partial charge in [-0.15, -0.1) is 0 Å². The van der Waals surface area contributed by atoms with E-state index in [9.17, 15) is 4.79 Å². The number of aliphatic imine (C=N–C) groups is 1. The molecule has 1 aromatic carbocycles. The SMILES string of the molecule is O=C(N=CC1CCOc2cccnc21)c1cccc(NC2(c3nc(-c4ccncc4)n[nH]3)CCNCC2)c1F. The summed E-state index contributed by atoms with van der Waals surface area (Å²) in [7, 11) is 0. The minimum absolute atomic E-state index is 0.108. The van der Waals surface area contributed by atoms with Gasteiger partial charge in [0.2, 0.25) is 0 Å². The molecule has 0 radical (unpaired) electrons. The number of H-pyrrole nitrogens is 1. The molecule has 1 unspecified atom stereocenters. The van der Waals surface area contributed by atoms with Gasteiger partial charge < -0.3 is 15.4 Å². The minimum Gasteiger partial charge on any atom is -0.492 e. The Labute approximate surface area is 224 Å². The molecule has 4 aromatic rings. The predicted octanol–water partition coefficient (Wildman–Crippen LogP) is 3.87. The first-order valence-electron chi connectivity index (χ1n) is 12.9. The van der Waals surface area contributed by atoms with Crippen LogP contribution in [0.25, 0.3) is 11.4 Å². The molecule has 0 bridgehead atoms. The summed E-state index contributed by atoms with van der Waals surface area (Å²) < 4.78 is 21.4. The van der Waals surface area contributed by atoms with Gasteiger partial charge in [-0.1, -0.05) is 6.07 Å². The minimum atomic E-state index is -0.702. The van der Waals surface area contributed by atoms with Gasteiger partial charge in [0.1, 0.15) is 5.75 Å². The Balaban J connectivity index is 1.26. The van der Waals surface area contributed by atoms with Crippen LogP contribution in [0, 0.1) is 5.82 Å². The van der Waals surface area contributed by atoms with E-state index in [2.05, 4.69) is 35.8 Å². The van der Waals surface area contributed by atoms with Gasteiger partial charge in [-0.3, -0.25) is 19.9 Å². The second-order valence-corrected chi connectivity index (χ2v) is 9.58. The van der Waals surface area contributed by atoms with Gasteiger partial charge in [-0.05, 0) is 68.8 Å². The maximum absolute atomic E-state index is 15.8. The van der Waals surface area contributed by atoms with Gasteiger partial charge >= 0.3 is 0 Å². The lowest BCUT2D eigenvalue weighted by Crippen LogP contribution is -2.46. The van der Waals surface area contributed by atoms with Crippen LogP contribution < -0.4 is 15.4 Å². The molecule has 3 N–H and O–H groups in total. The lowest BCUT2D eigenvalue weighted by atomic mass is 9.87. The highest BCUT2D eigenvalue weighted by molar-refractivity contribution is 6.00. The highest BCUT2D eigenvalue weighted by atomic mass is 19.1. The number of aromatic amines is 1. The van der Waals surface area contributed by atoms with E-state index >= 15 is 4.39 Å². The number of nitrogens with zero attached hydrogens (tertiary/aromatic N) is 5. The van der Waals surface area contributed by atoms with Crippen molar-refractivity contribution in [1.29, 1.82) is 0 Å². The fourth-order valence-electron chi connectivity index (χ4n) is 5.04. The van der Waals surface area contributed by atoms with Crippen LogP contribution in [0.15, 0.2) is 66.0 Å². The van der Waals surface area contributed by atoms with Crippen LogP contribution in [0.4, 0.5) is 10.1 Å². The molecule has 2 aliphatic heterocycles.